The van der Waals surface area contributed by atoms with E-state index < -0.39 is 12.0 Å². The lowest BCUT2D eigenvalue weighted by molar-refractivity contribution is -0.145. The number of carbonyl (C=O) groups excluding carboxylic acids is 1. The maximum atomic E-state index is 12.2. The van der Waals surface area contributed by atoms with Gasteiger partial charge in [0.25, 0.3) is 0 Å². The number of rotatable bonds is 7. The van der Waals surface area contributed by atoms with Crippen molar-refractivity contribution in [2.75, 3.05) is 27.4 Å². The van der Waals surface area contributed by atoms with Crippen molar-refractivity contribution in [1.29, 1.82) is 0 Å². The molecule has 1 amide bonds. The molecule has 0 spiro atoms. The highest BCUT2D eigenvalue weighted by molar-refractivity contribution is 5.85. The lowest BCUT2D eigenvalue weighted by Crippen LogP contribution is -2.48. The molecule has 2 atom stereocenters. The molecule has 1 heterocycles. The van der Waals surface area contributed by atoms with Crippen molar-refractivity contribution in [1.82, 2.24) is 5.32 Å². The SMILES string of the molecule is COc1ccc(CC(=O)NC(C(=O)O)C2CCCOC2)cc1OC. The molecule has 2 N–H and O–H groups in total. The largest absolute Gasteiger partial charge is 0.493 e. The molecule has 1 saturated heterocycles. The number of aliphatic carboxylic acids is 1. The highest BCUT2D eigenvalue weighted by Gasteiger charge is 2.31. The molecule has 1 aromatic carbocycles. The lowest BCUT2D eigenvalue weighted by atomic mass is 9.93. The molecule has 7 heteroatoms. The standard InChI is InChI=1S/C17H23NO6/c1-22-13-6-5-11(8-14(13)23-2)9-15(19)18-16(17(20)21)12-4-3-7-24-10-12/h5-6,8,12,16H,3-4,7,9-10H2,1-2H3,(H,18,19)(H,20,21). The van der Waals surface area contributed by atoms with Gasteiger partial charge in [0.05, 0.1) is 27.2 Å². The number of carboxylic acid groups (broad SMARTS) is 1. The van der Waals surface area contributed by atoms with Crippen LogP contribution in [0.4, 0.5) is 0 Å². The normalized spacial score (nSPS) is 18.5. The van der Waals surface area contributed by atoms with Crippen molar-refractivity contribution >= 4 is 11.9 Å². The van der Waals surface area contributed by atoms with Gasteiger partial charge in [-0.15, -0.1) is 0 Å². The molecular weight excluding hydrogens is 314 g/mol. The average molecular weight is 337 g/mol. The Kier molecular flexibility index (Phi) is 6.43. The summed E-state index contributed by atoms with van der Waals surface area (Å²) < 4.78 is 15.7. The Hall–Kier alpha value is -2.28. The topological polar surface area (TPSA) is 94.1 Å². The molecule has 0 aliphatic carbocycles. The van der Waals surface area contributed by atoms with Gasteiger partial charge in [0.15, 0.2) is 11.5 Å². The molecule has 1 aliphatic heterocycles. The number of amides is 1. The fourth-order valence-corrected chi connectivity index (χ4v) is 2.81. The number of nitrogens with one attached hydrogen (secondary N) is 1. The van der Waals surface area contributed by atoms with Crippen molar-refractivity contribution < 1.29 is 28.9 Å². The molecular formula is C17H23NO6. The Labute approximate surface area is 140 Å². The van der Waals surface area contributed by atoms with E-state index in [4.69, 9.17) is 14.2 Å². The zero-order valence-electron chi connectivity index (χ0n) is 13.9. The summed E-state index contributed by atoms with van der Waals surface area (Å²) in [6.07, 6.45) is 1.60. The monoisotopic (exact) mass is 337 g/mol. The quantitative estimate of drug-likeness (QED) is 0.777. The van der Waals surface area contributed by atoms with Crippen LogP contribution in [0.3, 0.4) is 0 Å². The summed E-state index contributed by atoms with van der Waals surface area (Å²) in [7, 11) is 3.05. The summed E-state index contributed by atoms with van der Waals surface area (Å²) in [6.45, 7) is 0.996. The predicted molar refractivity (Wildman–Crippen MR) is 86.4 cm³/mol. The van der Waals surface area contributed by atoms with Gasteiger partial charge in [-0.25, -0.2) is 4.79 Å². The summed E-state index contributed by atoms with van der Waals surface area (Å²) >= 11 is 0. The maximum absolute atomic E-state index is 12.2. The van der Waals surface area contributed by atoms with Crippen molar-refractivity contribution in [3.05, 3.63) is 23.8 Å². The van der Waals surface area contributed by atoms with Crippen LogP contribution in [0.2, 0.25) is 0 Å². The molecule has 2 rings (SSSR count). The Morgan fingerprint density at radius 3 is 2.67 bits per heavy atom. The average Bonchev–Trinajstić information content (AvgIpc) is 2.60. The van der Waals surface area contributed by atoms with Crippen molar-refractivity contribution in [3.8, 4) is 11.5 Å². The molecule has 24 heavy (non-hydrogen) atoms. The van der Waals surface area contributed by atoms with Crippen LogP contribution in [0.15, 0.2) is 18.2 Å². The minimum atomic E-state index is -1.04. The van der Waals surface area contributed by atoms with E-state index in [1.54, 1.807) is 18.2 Å². The van der Waals surface area contributed by atoms with Crippen LogP contribution < -0.4 is 14.8 Å². The molecule has 1 aliphatic rings. The van der Waals surface area contributed by atoms with Crippen LogP contribution in [-0.4, -0.2) is 50.5 Å². The molecule has 2 unspecified atom stereocenters. The van der Waals surface area contributed by atoms with Gasteiger partial charge in [0, 0.05) is 12.5 Å². The van der Waals surface area contributed by atoms with Gasteiger partial charge in [-0.05, 0) is 30.5 Å². The fraction of sp³-hybridized carbons (Fsp3) is 0.529. The summed E-state index contributed by atoms with van der Waals surface area (Å²) in [5.41, 5.74) is 0.717. The second-order valence-corrected chi connectivity index (χ2v) is 5.73. The van der Waals surface area contributed by atoms with E-state index >= 15 is 0 Å². The molecule has 0 radical (unpaired) electrons. The predicted octanol–water partition coefficient (Wildman–Crippen LogP) is 1.24. The summed E-state index contributed by atoms with van der Waals surface area (Å²) in [4.78, 5) is 23.7. The first kappa shape index (κ1) is 18.1. The maximum Gasteiger partial charge on any atom is 0.326 e. The Bertz CT molecular complexity index is 582. The van der Waals surface area contributed by atoms with Gasteiger partial charge in [0.2, 0.25) is 5.91 Å². The van der Waals surface area contributed by atoms with Crippen LogP contribution in [-0.2, 0) is 20.7 Å². The molecule has 7 nitrogen and oxygen atoms in total. The smallest absolute Gasteiger partial charge is 0.326 e. The van der Waals surface area contributed by atoms with Gasteiger partial charge < -0.3 is 24.6 Å². The molecule has 0 saturated carbocycles. The Balaban J connectivity index is 2.01. The fourth-order valence-electron chi connectivity index (χ4n) is 2.81. The van der Waals surface area contributed by atoms with Crippen molar-refractivity contribution in [3.63, 3.8) is 0 Å². The first-order chi connectivity index (χ1) is 11.5. The lowest BCUT2D eigenvalue weighted by Gasteiger charge is -2.28. The minimum Gasteiger partial charge on any atom is -0.493 e. The van der Waals surface area contributed by atoms with Crippen LogP contribution >= 0.6 is 0 Å². The number of methoxy groups -OCH3 is 2. The van der Waals surface area contributed by atoms with Gasteiger partial charge in [-0.2, -0.15) is 0 Å². The zero-order chi connectivity index (χ0) is 17.5. The molecule has 0 aromatic heterocycles. The van der Waals surface area contributed by atoms with Crippen LogP contribution in [0.25, 0.3) is 0 Å². The summed E-state index contributed by atoms with van der Waals surface area (Å²) in [5, 5.41) is 12.0. The Morgan fingerprint density at radius 1 is 1.33 bits per heavy atom. The first-order valence-corrected chi connectivity index (χ1v) is 7.86. The third-order valence-electron chi connectivity index (χ3n) is 4.06. The third kappa shape index (κ3) is 4.61. The number of carbonyl (C=O) groups is 2. The molecule has 132 valence electrons. The van der Waals surface area contributed by atoms with E-state index in [1.807, 2.05) is 0 Å². The third-order valence-corrected chi connectivity index (χ3v) is 4.06. The van der Waals surface area contributed by atoms with Crippen LogP contribution in [0.1, 0.15) is 18.4 Å². The van der Waals surface area contributed by atoms with E-state index in [-0.39, 0.29) is 18.2 Å². The van der Waals surface area contributed by atoms with Crippen LogP contribution in [0.5, 0.6) is 11.5 Å². The van der Waals surface area contributed by atoms with Gasteiger partial charge in [0.1, 0.15) is 6.04 Å². The Morgan fingerprint density at radius 2 is 2.08 bits per heavy atom. The van der Waals surface area contributed by atoms with Gasteiger partial charge >= 0.3 is 5.97 Å². The van der Waals surface area contributed by atoms with E-state index in [0.717, 1.165) is 12.8 Å². The first-order valence-electron chi connectivity index (χ1n) is 7.86. The van der Waals surface area contributed by atoms with E-state index in [1.165, 1.54) is 14.2 Å². The zero-order valence-corrected chi connectivity index (χ0v) is 13.9. The van der Waals surface area contributed by atoms with Crippen molar-refractivity contribution in [2.24, 2.45) is 5.92 Å². The van der Waals surface area contributed by atoms with E-state index in [9.17, 15) is 14.7 Å². The highest BCUT2D eigenvalue weighted by atomic mass is 16.5. The number of benzene rings is 1. The molecule has 1 fully saturated rings. The molecule has 0 bridgehead atoms. The number of ether oxygens (including phenoxy) is 3. The summed E-state index contributed by atoms with van der Waals surface area (Å²) in [6, 6.07) is 4.24. The summed E-state index contributed by atoms with van der Waals surface area (Å²) in [5.74, 6) is -0.486. The number of carboxylic acids is 1. The second kappa shape index (κ2) is 8.54. The molecule has 1 aromatic rings. The van der Waals surface area contributed by atoms with Crippen molar-refractivity contribution in [2.45, 2.75) is 25.3 Å². The van der Waals surface area contributed by atoms with Crippen LogP contribution in [0, 0.1) is 5.92 Å². The number of hydrogen-bond acceptors (Lipinski definition) is 5. The van der Waals surface area contributed by atoms with E-state index in [2.05, 4.69) is 5.32 Å². The van der Waals surface area contributed by atoms with E-state index in [0.29, 0.717) is 30.3 Å². The highest BCUT2D eigenvalue weighted by Crippen LogP contribution is 2.27. The van der Waals surface area contributed by atoms with Gasteiger partial charge in [-0.1, -0.05) is 6.07 Å². The second-order valence-electron chi connectivity index (χ2n) is 5.73. The van der Waals surface area contributed by atoms with Gasteiger partial charge in [-0.3, -0.25) is 4.79 Å². The minimum absolute atomic E-state index is 0.0672. The number of hydrogen-bond donors (Lipinski definition) is 2.